The van der Waals surface area contributed by atoms with Gasteiger partial charge in [0.1, 0.15) is 11.9 Å². The van der Waals surface area contributed by atoms with Gasteiger partial charge >= 0.3 is 0 Å². The first-order valence-corrected chi connectivity index (χ1v) is 5.31. The van der Waals surface area contributed by atoms with E-state index in [4.69, 9.17) is 5.73 Å². The van der Waals surface area contributed by atoms with E-state index in [0.29, 0.717) is 5.69 Å². The first kappa shape index (κ1) is 10.7. The maximum absolute atomic E-state index is 11.7. The highest BCUT2D eigenvalue weighted by atomic mass is 16.2. The molecule has 2 rings (SSSR count). The monoisotopic (exact) mass is 220 g/mol. The zero-order chi connectivity index (χ0) is 11.7. The van der Waals surface area contributed by atoms with Crippen LogP contribution in [0.2, 0.25) is 0 Å². The van der Waals surface area contributed by atoms with Crippen molar-refractivity contribution >= 4 is 17.4 Å². The van der Waals surface area contributed by atoms with Crippen molar-refractivity contribution in [3.63, 3.8) is 0 Å². The number of pyridine rings is 1. The predicted molar refractivity (Wildman–Crippen MR) is 63.1 cm³/mol. The predicted octanol–water partition coefficient (Wildman–Crippen LogP) is 0.615. The van der Waals surface area contributed by atoms with Crippen molar-refractivity contribution in [2.24, 2.45) is 0 Å². The van der Waals surface area contributed by atoms with Gasteiger partial charge in [-0.3, -0.25) is 4.79 Å². The van der Waals surface area contributed by atoms with Gasteiger partial charge in [0.25, 0.3) is 0 Å². The molecule has 1 aromatic heterocycles. The number of nitrogen functional groups attached to an aromatic ring is 1. The van der Waals surface area contributed by atoms with Crippen molar-refractivity contribution in [1.82, 2.24) is 9.88 Å². The Labute approximate surface area is 94.6 Å². The summed E-state index contributed by atoms with van der Waals surface area (Å²) < 4.78 is 0. The van der Waals surface area contributed by atoms with Gasteiger partial charge < -0.3 is 16.0 Å². The maximum atomic E-state index is 11.7. The molecule has 2 heterocycles. The molecule has 5 nitrogen and oxygen atoms in total. The van der Waals surface area contributed by atoms with E-state index in [1.807, 2.05) is 20.0 Å². The molecule has 1 aliphatic heterocycles. The first-order chi connectivity index (χ1) is 7.58. The lowest BCUT2D eigenvalue weighted by Crippen LogP contribution is -2.31. The Balaban J connectivity index is 2.12. The SMILES string of the molecule is Cc1cc(N)cnc1NC1CCN(C)C1=O. The van der Waals surface area contributed by atoms with Gasteiger partial charge in [0, 0.05) is 13.6 Å². The lowest BCUT2D eigenvalue weighted by molar-refractivity contribution is -0.127. The summed E-state index contributed by atoms with van der Waals surface area (Å²) in [5, 5.41) is 3.16. The van der Waals surface area contributed by atoms with Crippen molar-refractivity contribution in [3.05, 3.63) is 17.8 Å². The van der Waals surface area contributed by atoms with Crippen LogP contribution in [0.3, 0.4) is 0 Å². The van der Waals surface area contributed by atoms with Crippen LogP contribution in [0.15, 0.2) is 12.3 Å². The summed E-state index contributed by atoms with van der Waals surface area (Å²) in [6.07, 6.45) is 2.42. The van der Waals surface area contributed by atoms with E-state index < -0.39 is 0 Å². The van der Waals surface area contributed by atoms with E-state index >= 15 is 0 Å². The Morgan fingerprint density at radius 2 is 2.38 bits per heavy atom. The third-order valence-corrected chi connectivity index (χ3v) is 2.84. The van der Waals surface area contributed by atoms with E-state index in [0.717, 1.165) is 24.3 Å². The number of carbonyl (C=O) groups is 1. The molecular weight excluding hydrogens is 204 g/mol. The van der Waals surface area contributed by atoms with E-state index in [-0.39, 0.29) is 11.9 Å². The molecule has 1 saturated heterocycles. The number of hydrogen-bond donors (Lipinski definition) is 2. The summed E-state index contributed by atoms with van der Waals surface area (Å²) >= 11 is 0. The summed E-state index contributed by atoms with van der Waals surface area (Å²) in [6, 6.07) is 1.69. The topological polar surface area (TPSA) is 71.2 Å². The standard InChI is InChI=1S/C11H16N4O/c1-7-5-8(12)6-13-10(7)14-9-3-4-15(2)11(9)16/h5-6,9H,3-4,12H2,1-2H3,(H,13,14). The molecule has 0 bridgehead atoms. The van der Waals surface area contributed by atoms with Crippen LogP contribution in [0.4, 0.5) is 11.5 Å². The Morgan fingerprint density at radius 1 is 1.62 bits per heavy atom. The summed E-state index contributed by atoms with van der Waals surface area (Å²) in [6.45, 7) is 2.72. The van der Waals surface area contributed by atoms with Crippen molar-refractivity contribution in [1.29, 1.82) is 0 Å². The minimum absolute atomic E-state index is 0.123. The van der Waals surface area contributed by atoms with Crippen LogP contribution < -0.4 is 11.1 Å². The van der Waals surface area contributed by atoms with Gasteiger partial charge in [0.2, 0.25) is 5.91 Å². The quantitative estimate of drug-likeness (QED) is 0.766. The molecule has 86 valence electrons. The first-order valence-electron chi connectivity index (χ1n) is 5.31. The normalized spacial score (nSPS) is 20.2. The molecule has 0 spiro atoms. The molecule has 1 atom stereocenters. The Bertz CT molecular complexity index is 418. The summed E-state index contributed by atoms with van der Waals surface area (Å²) in [5.41, 5.74) is 7.22. The number of likely N-dealkylation sites (tertiary alicyclic amines) is 1. The number of rotatable bonds is 2. The van der Waals surface area contributed by atoms with Crippen LogP contribution >= 0.6 is 0 Å². The largest absolute Gasteiger partial charge is 0.397 e. The number of carbonyl (C=O) groups excluding carboxylic acids is 1. The second-order valence-electron chi connectivity index (χ2n) is 4.18. The summed E-state index contributed by atoms with van der Waals surface area (Å²) in [7, 11) is 1.81. The molecule has 0 aromatic carbocycles. The Hall–Kier alpha value is -1.78. The molecule has 0 saturated carbocycles. The zero-order valence-electron chi connectivity index (χ0n) is 9.53. The van der Waals surface area contributed by atoms with Crippen molar-refractivity contribution in [2.75, 3.05) is 24.6 Å². The Morgan fingerprint density at radius 3 is 2.94 bits per heavy atom. The van der Waals surface area contributed by atoms with Crippen molar-refractivity contribution in [2.45, 2.75) is 19.4 Å². The van der Waals surface area contributed by atoms with Gasteiger partial charge in [-0.2, -0.15) is 0 Å². The van der Waals surface area contributed by atoms with E-state index in [2.05, 4.69) is 10.3 Å². The molecule has 3 N–H and O–H groups in total. The second-order valence-corrected chi connectivity index (χ2v) is 4.18. The minimum atomic E-state index is -0.153. The van der Waals surface area contributed by atoms with Crippen LogP contribution in [0.5, 0.6) is 0 Å². The van der Waals surface area contributed by atoms with Gasteiger partial charge in [0.05, 0.1) is 11.9 Å². The summed E-state index contributed by atoms with van der Waals surface area (Å²) in [5.74, 6) is 0.862. The van der Waals surface area contributed by atoms with Crippen molar-refractivity contribution < 1.29 is 4.79 Å². The average molecular weight is 220 g/mol. The number of nitrogens with zero attached hydrogens (tertiary/aromatic N) is 2. The van der Waals surface area contributed by atoms with Gasteiger partial charge in [-0.15, -0.1) is 0 Å². The number of aromatic nitrogens is 1. The lowest BCUT2D eigenvalue weighted by Gasteiger charge is -2.14. The third-order valence-electron chi connectivity index (χ3n) is 2.84. The molecule has 1 aromatic rings. The van der Waals surface area contributed by atoms with Crippen molar-refractivity contribution in [3.8, 4) is 0 Å². The number of nitrogens with two attached hydrogens (primary N) is 1. The minimum Gasteiger partial charge on any atom is -0.397 e. The smallest absolute Gasteiger partial charge is 0.244 e. The highest BCUT2D eigenvalue weighted by Gasteiger charge is 2.29. The molecule has 0 aliphatic carbocycles. The molecule has 1 amide bonds. The second kappa shape index (κ2) is 4.00. The van der Waals surface area contributed by atoms with Gasteiger partial charge in [0.15, 0.2) is 0 Å². The lowest BCUT2D eigenvalue weighted by atomic mass is 10.2. The molecule has 16 heavy (non-hydrogen) atoms. The zero-order valence-corrected chi connectivity index (χ0v) is 9.53. The number of amides is 1. The number of hydrogen-bond acceptors (Lipinski definition) is 4. The van der Waals surface area contributed by atoms with E-state index in [1.54, 1.807) is 11.1 Å². The number of anilines is 2. The fourth-order valence-corrected chi connectivity index (χ4v) is 1.87. The fourth-order valence-electron chi connectivity index (χ4n) is 1.87. The van der Waals surface area contributed by atoms with Gasteiger partial charge in [-0.1, -0.05) is 0 Å². The summed E-state index contributed by atoms with van der Waals surface area (Å²) in [4.78, 5) is 17.6. The molecule has 1 fully saturated rings. The van der Waals surface area contributed by atoms with Crippen LogP contribution in [-0.4, -0.2) is 35.4 Å². The molecule has 1 aliphatic rings. The van der Waals surface area contributed by atoms with Crippen LogP contribution in [0.1, 0.15) is 12.0 Å². The Kier molecular flexibility index (Phi) is 2.68. The van der Waals surface area contributed by atoms with E-state index in [9.17, 15) is 4.79 Å². The highest BCUT2D eigenvalue weighted by molar-refractivity contribution is 5.86. The fraction of sp³-hybridized carbons (Fsp3) is 0.455. The number of nitrogens with one attached hydrogen (secondary N) is 1. The average Bonchev–Trinajstić information content (AvgIpc) is 2.54. The van der Waals surface area contributed by atoms with Gasteiger partial charge in [-0.25, -0.2) is 4.98 Å². The van der Waals surface area contributed by atoms with Crippen LogP contribution in [0.25, 0.3) is 0 Å². The van der Waals surface area contributed by atoms with Gasteiger partial charge in [-0.05, 0) is 25.0 Å². The molecule has 0 radical (unpaired) electrons. The third kappa shape index (κ3) is 1.93. The van der Waals surface area contributed by atoms with E-state index in [1.165, 1.54) is 0 Å². The maximum Gasteiger partial charge on any atom is 0.244 e. The van der Waals surface area contributed by atoms with Crippen LogP contribution in [-0.2, 0) is 4.79 Å². The van der Waals surface area contributed by atoms with Crippen LogP contribution in [0, 0.1) is 6.92 Å². The molecule has 5 heteroatoms. The number of likely N-dealkylation sites (N-methyl/N-ethyl adjacent to an activating group) is 1. The molecular formula is C11H16N4O. The molecule has 1 unspecified atom stereocenters. The highest BCUT2D eigenvalue weighted by Crippen LogP contribution is 2.18. The number of aryl methyl sites for hydroxylation is 1.